The number of carbonyl (C=O) groups excluding carboxylic acids is 1. The molecular formula is C14H13INO+. The normalized spacial score (nSPS) is 9.94. The zero-order valence-electron chi connectivity index (χ0n) is 9.48. The predicted octanol–water partition coefficient (Wildman–Crippen LogP) is -0.227. The molecule has 0 atom stereocenters. The third kappa shape index (κ3) is 3.85. The molecule has 1 N–H and O–H groups in total. The van der Waals surface area contributed by atoms with Crippen molar-refractivity contribution in [3.8, 4) is 0 Å². The Labute approximate surface area is 111 Å². The molecule has 3 heteroatoms. The standard InChI is InChI=1S/C14H12INO/c1-11(17)16-14-9-7-13(8-10-14)15-12-5-3-2-4-6-12/h2-10H,1H3/p+1. The van der Waals surface area contributed by atoms with Crippen molar-refractivity contribution in [2.24, 2.45) is 0 Å². The zero-order chi connectivity index (χ0) is 12.1. The van der Waals surface area contributed by atoms with E-state index in [-0.39, 0.29) is 27.1 Å². The highest BCUT2D eigenvalue weighted by molar-refractivity contribution is 5.88. The van der Waals surface area contributed by atoms with E-state index in [9.17, 15) is 4.79 Å². The second-order valence-electron chi connectivity index (χ2n) is 3.58. The Morgan fingerprint density at radius 1 is 0.941 bits per heavy atom. The second-order valence-corrected chi connectivity index (χ2v) is 6.61. The van der Waals surface area contributed by atoms with Crippen LogP contribution in [0.2, 0.25) is 0 Å². The first-order valence-electron chi connectivity index (χ1n) is 5.31. The third-order valence-corrected chi connectivity index (χ3v) is 4.80. The van der Waals surface area contributed by atoms with Crippen LogP contribution in [0.3, 0.4) is 0 Å². The molecule has 0 radical (unpaired) electrons. The fraction of sp³-hybridized carbons (Fsp3) is 0.0714. The van der Waals surface area contributed by atoms with Gasteiger partial charge in [0.15, 0.2) is 7.14 Å². The summed E-state index contributed by atoms with van der Waals surface area (Å²) in [6.45, 7) is 1.52. The van der Waals surface area contributed by atoms with Gasteiger partial charge in [-0.15, -0.1) is 0 Å². The van der Waals surface area contributed by atoms with E-state index < -0.39 is 0 Å². The van der Waals surface area contributed by atoms with E-state index >= 15 is 0 Å². The van der Waals surface area contributed by atoms with Crippen LogP contribution >= 0.6 is 0 Å². The molecular weight excluding hydrogens is 325 g/mol. The average molecular weight is 338 g/mol. The Kier molecular flexibility index (Phi) is 4.14. The molecule has 2 aromatic carbocycles. The monoisotopic (exact) mass is 338 g/mol. The number of carbonyl (C=O) groups is 1. The molecule has 0 spiro atoms. The molecule has 0 heterocycles. The van der Waals surface area contributed by atoms with Crippen molar-refractivity contribution in [3.05, 3.63) is 61.7 Å². The lowest BCUT2D eigenvalue weighted by atomic mass is 10.3. The SMILES string of the molecule is CC(=O)Nc1ccc([I+]c2ccccc2)cc1. The van der Waals surface area contributed by atoms with Crippen molar-refractivity contribution >= 4 is 11.6 Å². The van der Waals surface area contributed by atoms with Gasteiger partial charge in [-0.25, -0.2) is 0 Å². The van der Waals surface area contributed by atoms with Gasteiger partial charge in [0.2, 0.25) is 5.91 Å². The maximum atomic E-state index is 10.9. The van der Waals surface area contributed by atoms with Gasteiger partial charge in [0.1, 0.15) is 0 Å². The maximum Gasteiger partial charge on any atom is 0.357 e. The second kappa shape index (κ2) is 5.82. The number of rotatable bonds is 3. The van der Waals surface area contributed by atoms with Crippen molar-refractivity contribution in [1.82, 2.24) is 0 Å². The van der Waals surface area contributed by atoms with Gasteiger partial charge in [-0.2, -0.15) is 0 Å². The number of anilines is 1. The number of benzene rings is 2. The molecule has 0 bridgehead atoms. The minimum atomic E-state index is -0.118. The molecule has 0 unspecified atom stereocenters. The van der Waals surface area contributed by atoms with E-state index in [4.69, 9.17) is 0 Å². The minimum Gasteiger partial charge on any atom is -0.326 e. The van der Waals surface area contributed by atoms with Crippen molar-refractivity contribution in [2.45, 2.75) is 6.92 Å². The van der Waals surface area contributed by atoms with Crippen molar-refractivity contribution in [2.75, 3.05) is 5.32 Å². The molecule has 17 heavy (non-hydrogen) atoms. The van der Waals surface area contributed by atoms with Crippen LogP contribution in [-0.2, 0) is 4.79 Å². The van der Waals surface area contributed by atoms with Gasteiger partial charge in [-0.05, 0) is 36.4 Å². The number of amides is 1. The summed E-state index contributed by atoms with van der Waals surface area (Å²) in [5.41, 5.74) is 0.860. The van der Waals surface area contributed by atoms with Crippen LogP contribution in [0.4, 0.5) is 5.69 Å². The van der Waals surface area contributed by atoms with Crippen LogP contribution in [0.5, 0.6) is 0 Å². The molecule has 0 aromatic heterocycles. The molecule has 0 aliphatic heterocycles. The molecule has 1 amide bonds. The molecule has 2 aromatic rings. The highest BCUT2D eigenvalue weighted by Crippen LogP contribution is 2.04. The van der Waals surface area contributed by atoms with Gasteiger partial charge in [0.25, 0.3) is 0 Å². The summed E-state index contributed by atoms with van der Waals surface area (Å²) >= 11 is -0.118. The Morgan fingerprint density at radius 2 is 1.53 bits per heavy atom. The van der Waals surface area contributed by atoms with E-state index in [2.05, 4.69) is 41.7 Å². The summed E-state index contributed by atoms with van der Waals surface area (Å²) in [4.78, 5) is 10.9. The van der Waals surface area contributed by atoms with Gasteiger partial charge in [-0.1, -0.05) is 18.2 Å². The van der Waals surface area contributed by atoms with E-state index in [0.717, 1.165) is 5.69 Å². The van der Waals surface area contributed by atoms with Gasteiger partial charge in [0, 0.05) is 12.6 Å². The van der Waals surface area contributed by atoms with Crippen molar-refractivity contribution in [3.63, 3.8) is 0 Å². The van der Waals surface area contributed by atoms with E-state index in [0.29, 0.717) is 0 Å². The molecule has 86 valence electrons. The lowest BCUT2D eigenvalue weighted by Crippen LogP contribution is -3.61. The summed E-state index contributed by atoms with van der Waals surface area (Å²) in [7, 11) is 0. The molecule has 2 nitrogen and oxygen atoms in total. The van der Waals surface area contributed by atoms with Gasteiger partial charge < -0.3 is 5.32 Å². The highest BCUT2D eigenvalue weighted by atomic mass is 127. The Balaban J connectivity index is 2.06. The fourth-order valence-electron chi connectivity index (χ4n) is 1.40. The lowest BCUT2D eigenvalue weighted by Gasteiger charge is -1.99. The van der Waals surface area contributed by atoms with Crippen LogP contribution in [0.1, 0.15) is 6.92 Å². The molecule has 0 aliphatic rings. The first kappa shape index (κ1) is 12.1. The molecule has 0 saturated carbocycles. The van der Waals surface area contributed by atoms with Crippen LogP contribution < -0.4 is 26.5 Å². The molecule has 0 saturated heterocycles. The highest BCUT2D eigenvalue weighted by Gasteiger charge is 2.14. The fourth-order valence-corrected chi connectivity index (χ4v) is 3.62. The van der Waals surface area contributed by atoms with E-state index in [1.165, 1.54) is 14.1 Å². The number of halogens is 1. The Hall–Kier alpha value is -1.36. The van der Waals surface area contributed by atoms with Gasteiger partial charge in [-0.3, -0.25) is 4.79 Å². The van der Waals surface area contributed by atoms with Crippen LogP contribution in [-0.4, -0.2) is 5.91 Å². The Bertz CT molecular complexity index is 493. The number of hydrogen-bond acceptors (Lipinski definition) is 1. The topological polar surface area (TPSA) is 29.1 Å². The van der Waals surface area contributed by atoms with E-state index in [1.807, 2.05) is 18.2 Å². The smallest absolute Gasteiger partial charge is 0.326 e. The maximum absolute atomic E-state index is 10.9. The van der Waals surface area contributed by atoms with Crippen molar-refractivity contribution in [1.29, 1.82) is 0 Å². The predicted molar refractivity (Wildman–Crippen MR) is 64.6 cm³/mol. The summed E-state index contributed by atoms with van der Waals surface area (Å²) in [5, 5.41) is 2.77. The zero-order valence-corrected chi connectivity index (χ0v) is 11.6. The number of nitrogens with one attached hydrogen (secondary N) is 1. The van der Waals surface area contributed by atoms with Gasteiger partial charge in [0.05, 0.1) is 0 Å². The largest absolute Gasteiger partial charge is 0.357 e. The molecule has 2 rings (SSSR count). The molecule has 0 fully saturated rings. The Morgan fingerprint density at radius 3 is 2.12 bits per heavy atom. The van der Waals surface area contributed by atoms with Crippen molar-refractivity contribution < 1.29 is 26.0 Å². The van der Waals surface area contributed by atoms with Crippen LogP contribution in [0, 0.1) is 7.14 Å². The van der Waals surface area contributed by atoms with Crippen LogP contribution in [0.25, 0.3) is 0 Å². The van der Waals surface area contributed by atoms with Gasteiger partial charge >= 0.3 is 21.2 Å². The first-order chi connectivity index (χ1) is 8.24. The van der Waals surface area contributed by atoms with E-state index in [1.54, 1.807) is 0 Å². The average Bonchev–Trinajstić information content (AvgIpc) is 2.32. The minimum absolute atomic E-state index is 0.0319. The van der Waals surface area contributed by atoms with Crippen LogP contribution in [0.15, 0.2) is 54.6 Å². The summed E-state index contributed by atoms with van der Waals surface area (Å²) in [6, 6.07) is 18.6. The quantitative estimate of drug-likeness (QED) is 0.770. The lowest BCUT2D eigenvalue weighted by molar-refractivity contribution is -0.597. The third-order valence-electron chi connectivity index (χ3n) is 2.12. The summed E-state index contributed by atoms with van der Waals surface area (Å²) in [5.74, 6) is -0.0319. The molecule has 0 aliphatic carbocycles. The summed E-state index contributed by atoms with van der Waals surface area (Å²) in [6.07, 6.45) is 0. The number of hydrogen-bond donors (Lipinski definition) is 1. The first-order valence-corrected chi connectivity index (χ1v) is 7.47. The summed E-state index contributed by atoms with van der Waals surface area (Å²) < 4.78 is 2.75.